The van der Waals surface area contributed by atoms with Crippen LogP contribution in [0.25, 0.3) is 0 Å². The summed E-state index contributed by atoms with van der Waals surface area (Å²) in [7, 11) is 5.48. The molecule has 0 bridgehead atoms. The normalized spacial score (nSPS) is 16.8. The Bertz CT molecular complexity index is 770. The second kappa shape index (κ2) is 12.1. The highest BCUT2D eigenvalue weighted by molar-refractivity contribution is 6.18. The molecule has 2 radical (unpaired) electrons. The van der Waals surface area contributed by atoms with E-state index < -0.39 is 29.6 Å². The van der Waals surface area contributed by atoms with Crippen LogP contribution in [0.15, 0.2) is 37.4 Å². The Morgan fingerprint density at radius 1 is 1.30 bits per heavy atom. The first-order chi connectivity index (χ1) is 14.2. The van der Waals surface area contributed by atoms with Crippen LogP contribution in [0.5, 0.6) is 0 Å². The number of rotatable bonds is 6. The Kier molecular flexibility index (Phi) is 10.2. The van der Waals surface area contributed by atoms with Crippen LogP contribution < -0.4 is 11.1 Å². The highest BCUT2D eigenvalue weighted by Gasteiger charge is 2.42. The first kappa shape index (κ1) is 25.3. The number of hydrogen-bond donors (Lipinski definition) is 2. The van der Waals surface area contributed by atoms with Crippen molar-refractivity contribution in [1.82, 2.24) is 10.2 Å². The molecule has 30 heavy (non-hydrogen) atoms. The summed E-state index contributed by atoms with van der Waals surface area (Å²) in [6.45, 7) is 10.7. The third-order valence-electron chi connectivity index (χ3n) is 4.44. The van der Waals surface area contributed by atoms with Gasteiger partial charge in [-0.3, -0.25) is 14.5 Å². The van der Waals surface area contributed by atoms with Gasteiger partial charge in [-0.05, 0) is 24.3 Å². The maximum Gasteiger partial charge on any atom is 0.251 e. The SMILES string of the molecule is C=C.[B]C(C)(C(F)F)C(NC(=O)c1ccc(C#CCN2CCOCC2)cc1)C(N)=O. The Labute approximate surface area is 177 Å². The van der Waals surface area contributed by atoms with Gasteiger partial charge in [0.05, 0.1) is 27.6 Å². The minimum Gasteiger partial charge on any atom is -0.379 e. The van der Waals surface area contributed by atoms with E-state index in [1.54, 1.807) is 12.1 Å². The highest BCUT2D eigenvalue weighted by atomic mass is 19.3. The zero-order chi connectivity index (χ0) is 22.7. The number of alkyl halides is 2. The molecule has 2 rings (SSSR count). The summed E-state index contributed by atoms with van der Waals surface area (Å²) >= 11 is 0. The van der Waals surface area contributed by atoms with Gasteiger partial charge >= 0.3 is 0 Å². The van der Waals surface area contributed by atoms with E-state index in [9.17, 15) is 18.4 Å². The van der Waals surface area contributed by atoms with Crippen molar-refractivity contribution in [3.05, 3.63) is 48.6 Å². The van der Waals surface area contributed by atoms with Crippen molar-refractivity contribution in [3.63, 3.8) is 0 Å². The third-order valence-corrected chi connectivity index (χ3v) is 4.44. The smallest absolute Gasteiger partial charge is 0.251 e. The van der Waals surface area contributed by atoms with E-state index in [-0.39, 0.29) is 5.56 Å². The summed E-state index contributed by atoms with van der Waals surface area (Å²) < 4.78 is 31.4. The van der Waals surface area contributed by atoms with E-state index in [0.717, 1.165) is 20.0 Å². The number of morpholine rings is 1. The van der Waals surface area contributed by atoms with E-state index in [1.165, 1.54) is 12.1 Å². The molecular formula is C21H26BF2N3O3. The second-order valence-electron chi connectivity index (χ2n) is 6.74. The molecule has 1 heterocycles. The Balaban J connectivity index is 0.00000218. The number of benzene rings is 1. The Morgan fingerprint density at radius 3 is 2.37 bits per heavy atom. The molecule has 160 valence electrons. The van der Waals surface area contributed by atoms with E-state index in [0.29, 0.717) is 25.3 Å². The van der Waals surface area contributed by atoms with Gasteiger partial charge in [-0.25, -0.2) is 8.78 Å². The minimum atomic E-state index is -3.05. The molecule has 1 aliphatic heterocycles. The van der Waals surface area contributed by atoms with Crippen LogP contribution in [0, 0.1) is 11.8 Å². The lowest BCUT2D eigenvalue weighted by atomic mass is 9.65. The molecule has 0 saturated carbocycles. The van der Waals surface area contributed by atoms with E-state index in [1.807, 2.05) is 0 Å². The summed E-state index contributed by atoms with van der Waals surface area (Å²) in [6, 6.07) is 4.53. The van der Waals surface area contributed by atoms with Crippen molar-refractivity contribution >= 4 is 19.7 Å². The number of primary amides is 1. The number of hydrogen-bond acceptors (Lipinski definition) is 4. The fourth-order valence-electron chi connectivity index (χ4n) is 2.59. The van der Waals surface area contributed by atoms with Crippen molar-refractivity contribution in [2.24, 2.45) is 5.73 Å². The van der Waals surface area contributed by atoms with E-state index in [4.69, 9.17) is 18.3 Å². The molecule has 1 saturated heterocycles. The largest absolute Gasteiger partial charge is 0.379 e. The van der Waals surface area contributed by atoms with Crippen molar-refractivity contribution in [2.45, 2.75) is 24.7 Å². The van der Waals surface area contributed by atoms with E-state index >= 15 is 0 Å². The average Bonchev–Trinajstić information content (AvgIpc) is 2.74. The van der Waals surface area contributed by atoms with Crippen LogP contribution in [0.1, 0.15) is 22.8 Å². The quantitative estimate of drug-likeness (QED) is 0.416. The first-order valence-corrected chi connectivity index (χ1v) is 9.28. The van der Waals surface area contributed by atoms with Crippen LogP contribution in [0.2, 0.25) is 5.31 Å². The van der Waals surface area contributed by atoms with Crippen LogP contribution in [0.3, 0.4) is 0 Å². The lowest BCUT2D eigenvalue weighted by Crippen LogP contribution is -2.53. The molecule has 0 aromatic heterocycles. The second-order valence-corrected chi connectivity index (χ2v) is 6.74. The Hall–Kier alpha value is -2.70. The number of nitrogens with zero attached hydrogens (tertiary/aromatic N) is 1. The topological polar surface area (TPSA) is 84.7 Å². The Morgan fingerprint density at radius 2 is 1.87 bits per heavy atom. The van der Waals surface area contributed by atoms with Gasteiger partial charge in [-0.15, -0.1) is 13.2 Å². The molecule has 2 unspecified atom stereocenters. The van der Waals surface area contributed by atoms with Crippen molar-refractivity contribution in [3.8, 4) is 11.8 Å². The summed E-state index contributed by atoms with van der Waals surface area (Å²) in [5.74, 6) is 4.19. The standard InChI is InChI=1S/C19H22BF2N3O3.C2H4/c1-19(20,18(21)22)15(16(23)26)24-17(27)14-6-4-13(5-7-14)3-2-8-25-9-11-28-12-10-25;1-2/h4-7,15,18H,8-12H2,1H3,(H2,23,26)(H,24,27);1-2H2. The lowest BCUT2D eigenvalue weighted by Gasteiger charge is -2.32. The molecule has 9 heteroatoms. The molecular weight excluding hydrogens is 391 g/mol. The van der Waals surface area contributed by atoms with Gasteiger partial charge < -0.3 is 15.8 Å². The zero-order valence-electron chi connectivity index (χ0n) is 17.0. The third kappa shape index (κ3) is 7.28. The molecule has 2 amide bonds. The van der Waals surface area contributed by atoms with Crippen LogP contribution in [-0.2, 0) is 9.53 Å². The fourth-order valence-corrected chi connectivity index (χ4v) is 2.59. The fraction of sp³-hybridized carbons (Fsp3) is 0.429. The molecule has 3 N–H and O–H groups in total. The number of amides is 2. The predicted octanol–water partition coefficient (Wildman–Crippen LogP) is 1.37. The molecule has 1 aromatic carbocycles. The first-order valence-electron chi connectivity index (χ1n) is 9.28. The predicted molar refractivity (Wildman–Crippen MR) is 112 cm³/mol. The van der Waals surface area contributed by atoms with Gasteiger partial charge in [0.2, 0.25) is 12.3 Å². The molecule has 6 nitrogen and oxygen atoms in total. The van der Waals surface area contributed by atoms with Crippen LogP contribution in [-0.4, -0.2) is 69.9 Å². The maximum absolute atomic E-state index is 13.1. The zero-order valence-corrected chi connectivity index (χ0v) is 17.0. The number of carbonyl (C=O) groups excluding carboxylic acids is 2. The minimum absolute atomic E-state index is 0.176. The molecule has 0 spiro atoms. The monoisotopic (exact) mass is 417 g/mol. The van der Waals surface area contributed by atoms with Gasteiger partial charge in [0.15, 0.2) is 0 Å². The van der Waals surface area contributed by atoms with Crippen LogP contribution >= 0.6 is 0 Å². The molecule has 0 aliphatic carbocycles. The van der Waals surface area contributed by atoms with Gasteiger partial charge in [0.25, 0.3) is 5.91 Å². The molecule has 1 aromatic rings. The number of halogens is 2. The summed E-state index contributed by atoms with van der Waals surface area (Å²) in [5.41, 5.74) is 6.01. The number of ether oxygens (including phenoxy) is 1. The van der Waals surface area contributed by atoms with Crippen molar-refractivity contribution in [1.29, 1.82) is 0 Å². The van der Waals surface area contributed by atoms with Crippen molar-refractivity contribution < 1.29 is 23.1 Å². The van der Waals surface area contributed by atoms with Gasteiger partial charge in [-0.2, -0.15) is 0 Å². The number of carbonyl (C=O) groups is 2. The summed E-state index contributed by atoms with van der Waals surface area (Å²) in [5, 5.41) is -0.0983. The molecule has 1 aliphatic rings. The number of nitrogens with two attached hydrogens (primary N) is 1. The molecule has 1 fully saturated rings. The lowest BCUT2D eigenvalue weighted by molar-refractivity contribution is -0.122. The van der Waals surface area contributed by atoms with Gasteiger partial charge in [0, 0.05) is 29.5 Å². The van der Waals surface area contributed by atoms with Crippen LogP contribution in [0.4, 0.5) is 8.78 Å². The van der Waals surface area contributed by atoms with Gasteiger partial charge in [0.1, 0.15) is 6.04 Å². The van der Waals surface area contributed by atoms with Gasteiger partial charge in [-0.1, -0.05) is 18.8 Å². The summed E-state index contributed by atoms with van der Waals surface area (Å²) in [4.78, 5) is 25.9. The number of nitrogens with one attached hydrogen (secondary N) is 1. The maximum atomic E-state index is 13.1. The highest BCUT2D eigenvalue weighted by Crippen LogP contribution is 2.33. The average molecular weight is 417 g/mol. The molecule has 2 atom stereocenters. The van der Waals surface area contributed by atoms with Crippen molar-refractivity contribution in [2.75, 3.05) is 32.8 Å². The van der Waals surface area contributed by atoms with E-state index in [2.05, 4.69) is 35.2 Å². The summed E-state index contributed by atoms with van der Waals surface area (Å²) in [6.07, 6.45) is -3.05.